The molecule has 0 saturated carbocycles. The van der Waals surface area contributed by atoms with Crippen molar-refractivity contribution in [3.63, 3.8) is 0 Å². The Morgan fingerprint density at radius 3 is 2.32 bits per heavy atom. The van der Waals surface area contributed by atoms with Gasteiger partial charge in [0.2, 0.25) is 11.8 Å². The molecule has 3 aliphatic heterocycles. The summed E-state index contributed by atoms with van der Waals surface area (Å²) in [6.07, 6.45) is 1.88. The molecule has 2 atom stereocenters. The summed E-state index contributed by atoms with van der Waals surface area (Å²) < 4.78 is 5.18. The van der Waals surface area contributed by atoms with E-state index in [2.05, 4.69) is 0 Å². The lowest BCUT2D eigenvalue weighted by molar-refractivity contribution is -0.136. The predicted octanol–water partition coefficient (Wildman–Crippen LogP) is 1.30. The fourth-order valence-electron chi connectivity index (χ4n) is 5.63. The molecule has 0 aliphatic carbocycles. The van der Waals surface area contributed by atoms with Gasteiger partial charge in [0.15, 0.2) is 0 Å². The first-order chi connectivity index (χ1) is 14.8. The van der Waals surface area contributed by atoms with Gasteiger partial charge in [0.25, 0.3) is 0 Å². The van der Waals surface area contributed by atoms with Crippen molar-refractivity contribution in [2.24, 2.45) is 11.8 Å². The quantitative estimate of drug-likeness (QED) is 0.728. The highest BCUT2D eigenvalue weighted by atomic mass is 16.5. The number of fused-ring (bicyclic) bond motifs is 2. The maximum Gasteiger partial charge on any atom is 0.319 e. The van der Waals surface area contributed by atoms with Crippen LogP contribution in [-0.2, 0) is 16.0 Å². The number of nitrogens with zero attached hydrogens (tertiary/aromatic N) is 4. The number of hydrogen-bond acceptors (Lipinski definition) is 4. The molecule has 0 unspecified atom stereocenters. The number of carbonyl (C=O) groups excluding carboxylic acids is 3. The van der Waals surface area contributed by atoms with Crippen molar-refractivity contribution < 1.29 is 19.1 Å². The summed E-state index contributed by atoms with van der Waals surface area (Å²) in [6.45, 7) is 2.37. The minimum atomic E-state index is -0.264. The van der Waals surface area contributed by atoms with Crippen LogP contribution in [0.4, 0.5) is 4.79 Å². The summed E-state index contributed by atoms with van der Waals surface area (Å²) in [5.41, 5.74) is 0.702. The molecular formula is C23H32N4O4. The van der Waals surface area contributed by atoms with Gasteiger partial charge < -0.3 is 24.3 Å². The fraction of sp³-hybridized carbons (Fsp3) is 0.609. The van der Waals surface area contributed by atoms with Crippen LogP contribution in [0.25, 0.3) is 0 Å². The zero-order valence-electron chi connectivity index (χ0n) is 18.8. The second-order valence-electron chi connectivity index (χ2n) is 9.20. The van der Waals surface area contributed by atoms with E-state index in [0.29, 0.717) is 32.6 Å². The Hall–Kier alpha value is -2.77. The second kappa shape index (κ2) is 8.05. The van der Waals surface area contributed by atoms with E-state index >= 15 is 0 Å². The van der Waals surface area contributed by atoms with E-state index in [-0.39, 0.29) is 35.2 Å². The number of methoxy groups -OCH3 is 1. The maximum absolute atomic E-state index is 13.0. The van der Waals surface area contributed by atoms with E-state index in [9.17, 15) is 14.4 Å². The maximum atomic E-state index is 13.0. The van der Waals surface area contributed by atoms with Crippen molar-refractivity contribution in [2.45, 2.75) is 24.8 Å². The number of benzene rings is 1. The molecule has 0 N–H and O–H groups in total. The van der Waals surface area contributed by atoms with Crippen molar-refractivity contribution in [1.29, 1.82) is 0 Å². The van der Waals surface area contributed by atoms with Crippen molar-refractivity contribution in [3.8, 4) is 5.75 Å². The Balaban J connectivity index is 1.42. The van der Waals surface area contributed by atoms with Crippen LogP contribution in [0.5, 0.6) is 5.75 Å². The van der Waals surface area contributed by atoms with Crippen molar-refractivity contribution in [2.75, 3.05) is 54.4 Å². The molecule has 1 spiro atoms. The highest BCUT2D eigenvalue weighted by Crippen LogP contribution is 2.49. The Morgan fingerprint density at radius 1 is 1.10 bits per heavy atom. The molecule has 168 valence electrons. The molecule has 3 aliphatic rings. The van der Waals surface area contributed by atoms with Crippen LogP contribution in [0.2, 0.25) is 0 Å². The normalized spacial score (nSPS) is 24.5. The Labute approximate surface area is 183 Å². The Kier molecular flexibility index (Phi) is 5.58. The molecule has 1 aromatic carbocycles. The third-order valence-corrected chi connectivity index (χ3v) is 7.48. The number of urea groups is 1. The summed E-state index contributed by atoms with van der Waals surface area (Å²) >= 11 is 0. The minimum absolute atomic E-state index is 0.0351. The van der Waals surface area contributed by atoms with Gasteiger partial charge in [-0.05, 0) is 30.5 Å². The zero-order valence-corrected chi connectivity index (χ0v) is 18.8. The van der Waals surface area contributed by atoms with E-state index in [1.165, 1.54) is 0 Å². The molecule has 4 amide bonds. The molecule has 3 fully saturated rings. The molecule has 1 aromatic rings. The summed E-state index contributed by atoms with van der Waals surface area (Å²) in [7, 11) is 7.01. The summed E-state index contributed by atoms with van der Waals surface area (Å²) in [6, 6.07) is 7.55. The number of likely N-dealkylation sites (tertiary alicyclic amines) is 3. The molecule has 0 radical (unpaired) electrons. The highest BCUT2D eigenvalue weighted by molar-refractivity contribution is 5.85. The molecule has 3 heterocycles. The van der Waals surface area contributed by atoms with Gasteiger partial charge in [-0.25, -0.2) is 4.79 Å². The molecule has 0 bridgehead atoms. The number of carbonyl (C=O) groups is 3. The smallest absolute Gasteiger partial charge is 0.319 e. The number of piperidine rings is 1. The van der Waals surface area contributed by atoms with E-state index in [1.54, 1.807) is 26.1 Å². The van der Waals surface area contributed by atoms with Crippen LogP contribution in [0.1, 0.15) is 18.4 Å². The lowest BCUT2D eigenvalue weighted by atomic mass is 9.75. The van der Waals surface area contributed by atoms with E-state index in [0.717, 1.165) is 24.2 Å². The third kappa shape index (κ3) is 3.62. The van der Waals surface area contributed by atoms with Crippen LogP contribution < -0.4 is 4.74 Å². The molecule has 31 heavy (non-hydrogen) atoms. The molecule has 8 nitrogen and oxygen atoms in total. The van der Waals surface area contributed by atoms with Crippen LogP contribution in [0.3, 0.4) is 0 Å². The monoisotopic (exact) mass is 428 g/mol. The average Bonchev–Trinajstić information content (AvgIpc) is 3.30. The van der Waals surface area contributed by atoms with Crippen LogP contribution >= 0.6 is 0 Å². The Morgan fingerprint density at radius 2 is 1.74 bits per heavy atom. The second-order valence-corrected chi connectivity index (χ2v) is 9.20. The van der Waals surface area contributed by atoms with E-state index in [1.807, 2.05) is 46.0 Å². The van der Waals surface area contributed by atoms with Gasteiger partial charge in [-0.15, -0.1) is 0 Å². The van der Waals surface area contributed by atoms with E-state index < -0.39 is 0 Å². The largest absolute Gasteiger partial charge is 0.497 e. The van der Waals surface area contributed by atoms with Crippen molar-refractivity contribution >= 4 is 17.8 Å². The van der Waals surface area contributed by atoms with Gasteiger partial charge >= 0.3 is 6.03 Å². The topological polar surface area (TPSA) is 73.4 Å². The first-order valence-corrected chi connectivity index (χ1v) is 10.9. The van der Waals surface area contributed by atoms with E-state index in [4.69, 9.17) is 4.74 Å². The molecule has 4 rings (SSSR count). The third-order valence-electron chi connectivity index (χ3n) is 7.48. The van der Waals surface area contributed by atoms with Crippen molar-refractivity contribution in [3.05, 3.63) is 29.8 Å². The SMILES string of the molecule is COc1ccc(CC(=O)N2CCC3(CC2)[C@H]2CN(C(=O)N(C)C)C[C@H]2C(=O)N3C)cc1. The first kappa shape index (κ1) is 21.5. The van der Waals surface area contributed by atoms with Crippen LogP contribution in [-0.4, -0.2) is 97.4 Å². The zero-order chi connectivity index (χ0) is 22.3. The van der Waals surface area contributed by atoms with Gasteiger partial charge in [-0.2, -0.15) is 0 Å². The van der Waals surface area contributed by atoms with Gasteiger partial charge in [0, 0.05) is 53.2 Å². The van der Waals surface area contributed by atoms with Gasteiger partial charge in [0.05, 0.1) is 25.0 Å². The molecular weight excluding hydrogens is 396 g/mol. The summed E-state index contributed by atoms with van der Waals surface area (Å²) in [4.78, 5) is 45.5. The van der Waals surface area contributed by atoms with Gasteiger partial charge in [-0.3, -0.25) is 9.59 Å². The van der Waals surface area contributed by atoms with Gasteiger partial charge in [0.1, 0.15) is 5.75 Å². The average molecular weight is 429 g/mol. The van der Waals surface area contributed by atoms with Gasteiger partial charge in [-0.1, -0.05) is 12.1 Å². The lowest BCUT2D eigenvalue weighted by Gasteiger charge is -2.46. The van der Waals surface area contributed by atoms with Crippen LogP contribution in [0, 0.1) is 11.8 Å². The minimum Gasteiger partial charge on any atom is -0.497 e. The lowest BCUT2D eigenvalue weighted by Crippen LogP contribution is -2.57. The summed E-state index contributed by atoms with van der Waals surface area (Å²) in [5.74, 6) is 1.03. The molecule has 3 saturated heterocycles. The number of ether oxygens (including phenoxy) is 1. The molecule has 0 aromatic heterocycles. The Bertz CT molecular complexity index is 861. The highest BCUT2D eigenvalue weighted by Gasteiger charge is 2.61. The molecule has 8 heteroatoms. The first-order valence-electron chi connectivity index (χ1n) is 10.9. The summed E-state index contributed by atoms with van der Waals surface area (Å²) in [5, 5.41) is 0. The number of amides is 4. The fourth-order valence-corrected chi connectivity index (χ4v) is 5.63. The number of rotatable bonds is 3. The van der Waals surface area contributed by atoms with Crippen molar-refractivity contribution in [1.82, 2.24) is 19.6 Å². The number of hydrogen-bond donors (Lipinski definition) is 0. The predicted molar refractivity (Wildman–Crippen MR) is 116 cm³/mol. The van der Waals surface area contributed by atoms with Crippen LogP contribution in [0.15, 0.2) is 24.3 Å². The standard InChI is InChI=1S/C23H32N4O4/c1-24(2)22(30)27-14-18-19(15-27)23(25(3)21(18)29)9-11-26(12-10-23)20(28)13-16-5-7-17(31-4)8-6-16/h5-8,18-19H,9-15H2,1-4H3/t18-,19+/m1/s1.